The molecular weight excluding hydrogens is 392 g/mol. The summed E-state index contributed by atoms with van der Waals surface area (Å²) in [6.45, 7) is 4.19. The lowest BCUT2D eigenvalue weighted by atomic mass is 10.2. The highest BCUT2D eigenvalue weighted by atomic mass is 35.5. The minimum Gasteiger partial charge on any atom is -0.481 e. The summed E-state index contributed by atoms with van der Waals surface area (Å²) < 4.78 is 7.47. The van der Waals surface area contributed by atoms with Crippen LogP contribution in [-0.4, -0.2) is 63.3 Å². The molecule has 2 aromatic carbocycles. The molecule has 1 atom stereocenters. The number of nitrogens with zero attached hydrogens (tertiary/aromatic N) is 6. The molecule has 29 heavy (non-hydrogen) atoms. The summed E-state index contributed by atoms with van der Waals surface area (Å²) in [5, 5.41) is 12.7. The average Bonchev–Trinajstić information content (AvgIpc) is 3.24. The largest absolute Gasteiger partial charge is 0.481 e. The number of para-hydroxylation sites is 1. The summed E-state index contributed by atoms with van der Waals surface area (Å²) in [6.07, 6.45) is -0.588. The van der Waals surface area contributed by atoms with Gasteiger partial charge in [0.05, 0.1) is 5.69 Å². The van der Waals surface area contributed by atoms with E-state index in [-0.39, 0.29) is 5.91 Å². The van der Waals surface area contributed by atoms with Crippen molar-refractivity contribution in [2.24, 2.45) is 0 Å². The molecule has 1 aromatic heterocycles. The maximum atomic E-state index is 12.8. The first kappa shape index (κ1) is 19.2. The Hall–Kier alpha value is -3.13. The molecule has 150 valence electrons. The van der Waals surface area contributed by atoms with Crippen molar-refractivity contribution < 1.29 is 9.53 Å². The van der Waals surface area contributed by atoms with Crippen LogP contribution in [-0.2, 0) is 4.79 Å². The Morgan fingerprint density at radius 2 is 1.83 bits per heavy atom. The number of tetrazole rings is 1. The van der Waals surface area contributed by atoms with E-state index in [1.54, 1.807) is 35.9 Å². The molecule has 0 saturated carbocycles. The van der Waals surface area contributed by atoms with Crippen LogP contribution in [0.25, 0.3) is 5.69 Å². The Balaban J connectivity index is 1.37. The predicted octanol–water partition coefficient (Wildman–Crippen LogP) is 2.43. The van der Waals surface area contributed by atoms with Crippen LogP contribution in [0.4, 0.5) is 5.95 Å². The van der Waals surface area contributed by atoms with Crippen molar-refractivity contribution in [3.05, 3.63) is 59.6 Å². The highest BCUT2D eigenvalue weighted by Crippen LogP contribution is 2.20. The van der Waals surface area contributed by atoms with Gasteiger partial charge in [-0.15, -0.1) is 0 Å². The number of ether oxygens (including phenoxy) is 1. The number of halogens is 1. The smallest absolute Gasteiger partial charge is 0.263 e. The van der Waals surface area contributed by atoms with Crippen LogP contribution in [0.15, 0.2) is 54.6 Å². The lowest BCUT2D eigenvalue weighted by molar-refractivity contribution is -0.138. The van der Waals surface area contributed by atoms with Gasteiger partial charge in [0.25, 0.3) is 5.91 Å². The van der Waals surface area contributed by atoms with Crippen molar-refractivity contribution in [1.82, 2.24) is 25.1 Å². The number of benzene rings is 2. The molecule has 0 N–H and O–H groups in total. The predicted molar refractivity (Wildman–Crippen MR) is 109 cm³/mol. The molecule has 1 saturated heterocycles. The second-order valence-electron chi connectivity index (χ2n) is 6.76. The van der Waals surface area contributed by atoms with E-state index in [0.29, 0.717) is 42.9 Å². The number of carbonyl (C=O) groups excluding carboxylic acids is 1. The number of piperazine rings is 1. The Morgan fingerprint density at radius 1 is 1.07 bits per heavy atom. The number of anilines is 1. The fraction of sp³-hybridized carbons (Fsp3) is 0.300. The van der Waals surface area contributed by atoms with Gasteiger partial charge in [-0.1, -0.05) is 41.0 Å². The highest BCUT2D eigenvalue weighted by molar-refractivity contribution is 6.30. The molecule has 3 aromatic rings. The minimum atomic E-state index is -0.588. The summed E-state index contributed by atoms with van der Waals surface area (Å²) in [7, 11) is 0. The number of aromatic nitrogens is 4. The first-order valence-corrected chi connectivity index (χ1v) is 9.79. The Morgan fingerprint density at radius 3 is 2.55 bits per heavy atom. The molecule has 8 nitrogen and oxygen atoms in total. The lowest BCUT2D eigenvalue weighted by Gasteiger charge is -2.35. The molecule has 1 aliphatic rings. The van der Waals surface area contributed by atoms with Crippen molar-refractivity contribution in [2.75, 3.05) is 31.1 Å². The first-order valence-electron chi connectivity index (χ1n) is 9.41. The van der Waals surface area contributed by atoms with E-state index >= 15 is 0 Å². The maximum absolute atomic E-state index is 12.8. The standard InChI is InChI=1S/C20H21ClN6O2/c1-15(29-18-9-5-6-16(21)14-18)19(28)25-10-12-26(13-11-25)20-22-23-24-27(20)17-7-3-2-4-8-17/h2-9,14-15H,10-13H2,1H3. The van der Waals surface area contributed by atoms with Crippen LogP contribution in [0, 0.1) is 0 Å². The normalized spacial score (nSPS) is 15.2. The van der Waals surface area contributed by atoms with E-state index in [0.717, 1.165) is 5.69 Å². The van der Waals surface area contributed by atoms with Gasteiger partial charge in [-0.2, -0.15) is 4.68 Å². The topological polar surface area (TPSA) is 76.4 Å². The Labute approximate surface area is 173 Å². The van der Waals surface area contributed by atoms with E-state index in [4.69, 9.17) is 16.3 Å². The third-order valence-corrected chi connectivity index (χ3v) is 5.02. The highest BCUT2D eigenvalue weighted by Gasteiger charge is 2.28. The van der Waals surface area contributed by atoms with Gasteiger partial charge >= 0.3 is 0 Å². The molecule has 1 unspecified atom stereocenters. The van der Waals surface area contributed by atoms with Crippen LogP contribution < -0.4 is 9.64 Å². The van der Waals surface area contributed by atoms with Gasteiger partial charge in [0.2, 0.25) is 5.95 Å². The second kappa shape index (κ2) is 8.48. The third-order valence-electron chi connectivity index (χ3n) is 4.78. The Bertz CT molecular complexity index is 972. The molecular formula is C20H21ClN6O2. The van der Waals surface area contributed by atoms with E-state index in [1.165, 1.54) is 0 Å². The van der Waals surface area contributed by atoms with Crippen LogP contribution in [0.1, 0.15) is 6.92 Å². The SMILES string of the molecule is CC(Oc1cccc(Cl)c1)C(=O)N1CCN(c2nnnn2-c2ccccc2)CC1. The van der Waals surface area contributed by atoms with Crippen molar-refractivity contribution >= 4 is 23.5 Å². The van der Waals surface area contributed by atoms with Gasteiger partial charge in [0.1, 0.15) is 5.75 Å². The fourth-order valence-electron chi connectivity index (χ4n) is 3.29. The second-order valence-corrected chi connectivity index (χ2v) is 7.19. The molecule has 0 spiro atoms. The van der Waals surface area contributed by atoms with E-state index in [9.17, 15) is 4.79 Å². The van der Waals surface area contributed by atoms with Crippen LogP contribution in [0.2, 0.25) is 5.02 Å². The van der Waals surface area contributed by atoms with Gasteiger partial charge < -0.3 is 14.5 Å². The zero-order valence-electron chi connectivity index (χ0n) is 16.0. The van der Waals surface area contributed by atoms with Gasteiger partial charge in [-0.25, -0.2) is 0 Å². The van der Waals surface area contributed by atoms with Gasteiger partial charge in [0, 0.05) is 31.2 Å². The molecule has 9 heteroatoms. The number of carbonyl (C=O) groups is 1. The number of hydrogen-bond acceptors (Lipinski definition) is 6. The maximum Gasteiger partial charge on any atom is 0.263 e. The zero-order valence-corrected chi connectivity index (χ0v) is 16.7. The third kappa shape index (κ3) is 4.32. The van der Waals surface area contributed by atoms with Crippen LogP contribution in [0.3, 0.4) is 0 Å². The molecule has 1 amide bonds. The van der Waals surface area contributed by atoms with Gasteiger partial charge in [-0.05, 0) is 47.7 Å². The molecule has 1 fully saturated rings. The van der Waals surface area contributed by atoms with E-state index in [1.807, 2.05) is 35.2 Å². The summed E-state index contributed by atoms with van der Waals surface area (Å²) in [4.78, 5) is 16.7. The fourth-order valence-corrected chi connectivity index (χ4v) is 3.47. The summed E-state index contributed by atoms with van der Waals surface area (Å²) in [5.74, 6) is 1.21. The number of hydrogen-bond donors (Lipinski definition) is 0. The van der Waals surface area contributed by atoms with E-state index < -0.39 is 6.10 Å². The van der Waals surface area contributed by atoms with Gasteiger partial charge in [-0.3, -0.25) is 4.79 Å². The molecule has 0 radical (unpaired) electrons. The quantitative estimate of drug-likeness (QED) is 0.640. The van der Waals surface area contributed by atoms with Crippen LogP contribution in [0.5, 0.6) is 5.75 Å². The summed E-state index contributed by atoms with van der Waals surface area (Å²) in [6, 6.07) is 16.8. The van der Waals surface area contributed by atoms with Crippen molar-refractivity contribution in [3.63, 3.8) is 0 Å². The molecule has 0 aliphatic carbocycles. The summed E-state index contributed by atoms with van der Waals surface area (Å²) >= 11 is 5.98. The Kier molecular flexibility index (Phi) is 5.62. The van der Waals surface area contributed by atoms with Crippen molar-refractivity contribution in [3.8, 4) is 11.4 Å². The molecule has 0 bridgehead atoms. The molecule has 1 aliphatic heterocycles. The van der Waals surface area contributed by atoms with Crippen LogP contribution >= 0.6 is 11.6 Å². The molecule has 2 heterocycles. The van der Waals surface area contributed by atoms with E-state index in [2.05, 4.69) is 20.4 Å². The molecule has 4 rings (SSSR count). The van der Waals surface area contributed by atoms with Crippen molar-refractivity contribution in [1.29, 1.82) is 0 Å². The summed E-state index contributed by atoms with van der Waals surface area (Å²) in [5.41, 5.74) is 0.898. The minimum absolute atomic E-state index is 0.0488. The number of rotatable bonds is 5. The lowest BCUT2D eigenvalue weighted by Crippen LogP contribution is -2.52. The zero-order chi connectivity index (χ0) is 20.2. The number of amides is 1. The average molecular weight is 413 g/mol. The van der Waals surface area contributed by atoms with Gasteiger partial charge in [0.15, 0.2) is 6.10 Å². The van der Waals surface area contributed by atoms with Crippen molar-refractivity contribution in [2.45, 2.75) is 13.0 Å². The first-order chi connectivity index (χ1) is 14.1. The monoisotopic (exact) mass is 412 g/mol.